The Labute approximate surface area is 248 Å². The van der Waals surface area contributed by atoms with E-state index < -0.39 is 34.9 Å². The van der Waals surface area contributed by atoms with E-state index in [-0.39, 0.29) is 5.82 Å². The molecule has 4 aromatic carbocycles. The van der Waals surface area contributed by atoms with Crippen LogP contribution in [0.4, 0.5) is 26.3 Å². The van der Waals surface area contributed by atoms with Gasteiger partial charge in [-0.3, -0.25) is 0 Å². The zero-order valence-corrected chi connectivity index (χ0v) is 24.0. The first-order valence-corrected chi connectivity index (χ1v) is 14.9. The summed E-state index contributed by atoms with van der Waals surface area (Å²) in [5.41, 5.74) is 3.08. The summed E-state index contributed by atoms with van der Waals surface area (Å²) in [5.74, 6) is -4.94. The van der Waals surface area contributed by atoms with Crippen LogP contribution in [0, 0.1) is 29.2 Å². The fourth-order valence-corrected chi connectivity index (χ4v) is 5.98. The molecule has 1 nitrogen and oxygen atoms in total. The lowest BCUT2D eigenvalue weighted by Gasteiger charge is -2.29. The van der Waals surface area contributed by atoms with E-state index in [1.807, 2.05) is 12.1 Å². The molecule has 0 radical (unpaired) electrons. The predicted octanol–water partition coefficient (Wildman–Crippen LogP) is 11.6. The second-order valence-electron chi connectivity index (χ2n) is 11.4. The first-order valence-electron chi connectivity index (χ1n) is 14.9. The van der Waals surface area contributed by atoms with Gasteiger partial charge in [-0.2, -0.15) is 8.78 Å². The van der Waals surface area contributed by atoms with E-state index in [1.165, 1.54) is 50.7 Å². The molecular formula is C36H34F6O. The van der Waals surface area contributed by atoms with Crippen LogP contribution in [0.15, 0.2) is 78.9 Å². The molecule has 4 aromatic rings. The Hall–Kier alpha value is -3.74. The van der Waals surface area contributed by atoms with Crippen molar-refractivity contribution < 1.29 is 31.1 Å². The van der Waals surface area contributed by atoms with Gasteiger partial charge in [0.1, 0.15) is 11.6 Å². The molecule has 7 heteroatoms. The van der Waals surface area contributed by atoms with Gasteiger partial charge < -0.3 is 4.74 Å². The van der Waals surface area contributed by atoms with E-state index in [9.17, 15) is 22.0 Å². The zero-order valence-electron chi connectivity index (χ0n) is 24.0. The Morgan fingerprint density at radius 1 is 0.674 bits per heavy atom. The molecular weight excluding hydrogens is 562 g/mol. The van der Waals surface area contributed by atoms with Crippen LogP contribution in [0.3, 0.4) is 0 Å². The SMILES string of the molecule is CCCCCC1CCC(c2ccc(-c3ccc(-c4ccc(C(F)(F)Oc5cc(F)c(F)c(F)c5)cc4)cc3)c(F)c2)CC1. The normalized spacial score (nSPS) is 17.2. The van der Waals surface area contributed by atoms with Crippen molar-refractivity contribution in [3.63, 3.8) is 0 Å². The number of alkyl halides is 2. The van der Waals surface area contributed by atoms with E-state index in [1.54, 1.807) is 30.3 Å². The fraction of sp³-hybridized carbons (Fsp3) is 0.333. The molecule has 43 heavy (non-hydrogen) atoms. The van der Waals surface area contributed by atoms with Crippen LogP contribution >= 0.6 is 0 Å². The molecule has 0 saturated heterocycles. The van der Waals surface area contributed by atoms with Crippen molar-refractivity contribution in [2.75, 3.05) is 0 Å². The van der Waals surface area contributed by atoms with Gasteiger partial charge in [0.2, 0.25) is 0 Å². The van der Waals surface area contributed by atoms with E-state index in [2.05, 4.69) is 11.7 Å². The second kappa shape index (κ2) is 13.3. The average Bonchev–Trinajstić information content (AvgIpc) is 3.00. The molecule has 0 aromatic heterocycles. The number of ether oxygens (including phenoxy) is 1. The van der Waals surface area contributed by atoms with Gasteiger partial charge in [-0.05, 0) is 78.0 Å². The lowest BCUT2D eigenvalue weighted by molar-refractivity contribution is -0.185. The van der Waals surface area contributed by atoms with E-state index in [0.29, 0.717) is 34.7 Å². The van der Waals surface area contributed by atoms with Gasteiger partial charge in [-0.15, -0.1) is 0 Å². The van der Waals surface area contributed by atoms with E-state index in [0.717, 1.165) is 42.0 Å². The van der Waals surface area contributed by atoms with Crippen molar-refractivity contribution in [1.82, 2.24) is 0 Å². The average molecular weight is 597 g/mol. The van der Waals surface area contributed by atoms with Gasteiger partial charge in [-0.25, -0.2) is 17.6 Å². The van der Waals surface area contributed by atoms with Crippen molar-refractivity contribution >= 4 is 0 Å². The number of rotatable bonds is 10. The molecule has 5 rings (SSSR count). The van der Waals surface area contributed by atoms with Gasteiger partial charge in [0.05, 0.1) is 5.56 Å². The minimum absolute atomic E-state index is 0.261. The molecule has 0 heterocycles. The van der Waals surface area contributed by atoms with Crippen molar-refractivity contribution in [2.45, 2.75) is 70.3 Å². The van der Waals surface area contributed by atoms with Gasteiger partial charge in [-0.1, -0.05) is 81.1 Å². The molecule has 0 amide bonds. The predicted molar refractivity (Wildman–Crippen MR) is 157 cm³/mol. The van der Waals surface area contributed by atoms with Crippen molar-refractivity contribution in [2.24, 2.45) is 5.92 Å². The van der Waals surface area contributed by atoms with E-state index in [4.69, 9.17) is 0 Å². The van der Waals surface area contributed by atoms with Gasteiger partial charge >= 0.3 is 6.11 Å². The highest BCUT2D eigenvalue weighted by atomic mass is 19.3. The number of benzene rings is 4. The van der Waals surface area contributed by atoms with Crippen LogP contribution < -0.4 is 4.74 Å². The maximum absolute atomic E-state index is 15.2. The summed E-state index contributed by atoms with van der Waals surface area (Å²) in [6, 6.07) is 18.6. The Kier molecular flexibility index (Phi) is 9.48. The standard InChI is InChI=1S/C36H34F6O/c1-2-3-4-5-23-6-8-26(9-7-23)28-16-19-31(32(37)20-28)27-12-10-24(11-13-27)25-14-17-29(18-15-25)36(41,42)43-30-21-33(38)35(40)34(39)22-30/h10-23,26H,2-9H2,1H3. The Bertz CT molecular complexity index is 1500. The molecule has 0 spiro atoms. The Morgan fingerprint density at radius 3 is 1.84 bits per heavy atom. The fourth-order valence-electron chi connectivity index (χ4n) is 5.98. The maximum Gasteiger partial charge on any atom is 0.426 e. The Morgan fingerprint density at radius 2 is 1.26 bits per heavy atom. The van der Waals surface area contributed by atoms with Crippen LogP contribution in [0.25, 0.3) is 22.3 Å². The maximum atomic E-state index is 15.2. The number of halogens is 6. The van der Waals surface area contributed by atoms with Crippen molar-refractivity contribution in [1.29, 1.82) is 0 Å². The van der Waals surface area contributed by atoms with Crippen molar-refractivity contribution in [3.05, 3.63) is 113 Å². The van der Waals surface area contributed by atoms with Crippen LogP contribution in [0.1, 0.15) is 75.3 Å². The van der Waals surface area contributed by atoms with Crippen LogP contribution in [-0.4, -0.2) is 0 Å². The molecule has 1 saturated carbocycles. The third-order valence-corrected chi connectivity index (χ3v) is 8.48. The number of unbranched alkanes of at least 4 members (excludes halogenated alkanes) is 2. The smallest absolute Gasteiger partial charge is 0.426 e. The van der Waals surface area contributed by atoms with Crippen LogP contribution in [-0.2, 0) is 6.11 Å². The highest BCUT2D eigenvalue weighted by molar-refractivity contribution is 5.71. The summed E-state index contributed by atoms with van der Waals surface area (Å²) in [4.78, 5) is 0. The summed E-state index contributed by atoms with van der Waals surface area (Å²) in [5, 5.41) is 0. The minimum atomic E-state index is -3.92. The number of hydrogen-bond donors (Lipinski definition) is 0. The molecule has 226 valence electrons. The second-order valence-corrected chi connectivity index (χ2v) is 11.4. The molecule has 0 aliphatic heterocycles. The summed E-state index contributed by atoms with van der Waals surface area (Å²) in [7, 11) is 0. The molecule has 1 aliphatic carbocycles. The molecule has 0 bridgehead atoms. The highest BCUT2D eigenvalue weighted by Crippen LogP contribution is 2.39. The zero-order chi connectivity index (χ0) is 30.6. The molecule has 0 N–H and O–H groups in total. The van der Waals surface area contributed by atoms with Crippen molar-refractivity contribution in [3.8, 4) is 28.0 Å². The number of hydrogen-bond acceptors (Lipinski definition) is 1. The lowest BCUT2D eigenvalue weighted by Crippen LogP contribution is -2.22. The third kappa shape index (κ3) is 7.26. The summed E-state index contributed by atoms with van der Waals surface area (Å²) in [6.07, 6.45) is 5.84. The summed E-state index contributed by atoms with van der Waals surface area (Å²) in [6.45, 7) is 2.23. The topological polar surface area (TPSA) is 9.23 Å². The first kappa shape index (κ1) is 30.7. The summed E-state index contributed by atoms with van der Waals surface area (Å²) >= 11 is 0. The van der Waals surface area contributed by atoms with Gasteiger partial charge in [0.15, 0.2) is 17.5 Å². The minimum Gasteiger partial charge on any atom is -0.429 e. The molecule has 1 aliphatic rings. The molecule has 0 atom stereocenters. The van der Waals surface area contributed by atoms with Gasteiger partial charge in [0.25, 0.3) is 0 Å². The monoisotopic (exact) mass is 596 g/mol. The van der Waals surface area contributed by atoms with Crippen LogP contribution in [0.5, 0.6) is 5.75 Å². The summed E-state index contributed by atoms with van der Waals surface area (Å²) < 4.78 is 88.9. The van der Waals surface area contributed by atoms with E-state index >= 15 is 4.39 Å². The lowest BCUT2D eigenvalue weighted by atomic mass is 9.77. The van der Waals surface area contributed by atoms with Crippen LogP contribution in [0.2, 0.25) is 0 Å². The first-order chi connectivity index (χ1) is 20.6. The molecule has 0 unspecified atom stereocenters. The largest absolute Gasteiger partial charge is 0.429 e. The third-order valence-electron chi connectivity index (χ3n) is 8.48. The quantitative estimate of drug-likeness (QED) is 0.101. The highest BCUT2D eigenvalue weighted by Gasteiger charge is 2.35. The Balaban J connectivity index is 1.23. The molecule has 1 fully saturated rings. The van der Waals surface area contributed by atoms with Gasteiger partial charge in [0, 0.05) is 17.7 Å².